The first-order chi connectivity index (χ1) is 47.5. The van der Waals surface area contributed by atoms with Crippen molar-refractivity contribution >= 4 is 34.3 Å². The predicted molar refractivity (Wildman–Crippen MR) is 407 cm³/mol. The zero-order valence-electron chi connectivity index (χ0n) is 64.7. The smallest absolute Gasteiger partial charge is 0.325 e. The maximum absolute atomic E-state index is 11.8. The molecule has 8 aliphatic carbocycles. The molecule has 9 aliphatic rings. The molecular weight excluding hydrogens is 1360 g/mol. The van der Waals surface area contributed by atoms with Gasteiger partial charge in [0.25, 0.3) is 5.92 Å². The lowest BCUT2D eigenvalue weighted by atomic mass is 10.1. The quantitative estimate of drug-likeness (QED) is 0.120. The average molecular weight is 1480 g/mol. The van der Waals surface area contributed by atoms with Gasteiger partial charge in [-0.05, 0) is 242 Å². The van der Waals surface area contributed by atoms with Crippen molar-refractivity contribution in [1.82, 2.24) is 59.1 Å². The molecule has 25 heteroatoms. The van der Waals surface area contributed by atoms with Gasteiger partial charge in [-0.3, -0.25) is 19.3 Å². The maximum atomic E-state index is 11.8. The number of alkyl halides is 6. The Bertz CT molecular complexity index is 3410. The van der Waals surface area contributed by atoms with Gasteiger partial charge in [0.1, 0.15) is 11.8 Å². The molecule has 3 N–H and O–H groups in total. The number of thiophene rings is 2. The number of rotatable bonds is 6. The normalized spacial score (nSPS) is 21.0. The van der Waals surface area contributed by atoms with E-state index in [1.807, 2.05) is 101 Å². The van der Waals surface area contributed by atoms with Crippen LogP contribution in [0, 0.1) is 118 Å². The van der Waals surface area contributed by atoms with Crippen molar-refractivity contribution < 1.29 is 26.3 Å². The van der Waals surface area contributed by atoms with Crippen molar-refractivity contribution in [2.75, 3.05) is 34.2 Å². The average Bonchev–Trinajstić information content (AvgIpc) is 1.60. The molecule has 1 aliphatic heterocycles. The second kappa shape index (κ2) is 45.1. The zero-order valence-corrected chi connectivity index (χ0v) is 67.1. The minimum absolute atomic E-state index is 0.0972. The fourth-order valence-electron chi connectivity index (χ4n) is 7.08. The number of nitrogens with zero attached hydrogens (tertiary/aromatic N) is 14. The highest BCUT2D eigenvalue weighted by atomic mass is 35.5. The van der Waals surface area contributed by atoms with E-state index in [4.69, 9.17) is 34.4 Å². The summed E-state index contributed by atoms with van der Waals surface area (Å²) in [6, 6.07) is 12.7. The van der Waals surface area contributed by atoms with E-state index < -0.39 is 24.3 Å². The van der Waals surface area contributed by atoms with Crippen LogP contribution in [0.15, 0.2) is 85.4 Å². The summed E-state index contributed by atoms with van der Waals surface area (Å²) >= 11 is 9.02. The number of nitrogens with one attached hydrogen (secondary N) is 1. The van der Waals surface area contributed by atoms with Crippen LogP contribution >= 0.6 is 34.3 Å². The second-order valence-corrected chi connectivity index (χ2v) is 33.3. The summed E-state index contributed by atoms with van der Waals surface area (Å²) in [5.74, 6) is -0.0486. The van der Waals surface area contributed by atoms with Crippen LogP contribution in [0.5, 0.6) is 0 Å². The number of hydrogen-bond acceptors (Lipinski definition) is 12. The topological polar surface area (TPSA) is 184 Å². The fourth-order valence-corrected chi connectivity index (χ4v) is 9.08. The molecule has 16 nitrogen and oxygen atoms in total. The third-order valence-corrected chi connectivity index (χ3v) is 18.7. The molecule has 7 aromatic heterocycles. The van der Waals surface area contributed by atoms with Gasteiger partial charge in [0.15, 0.2) is 0 Å². The summed E-state index contributed by atoms with van der Waals surface area (Å²) in [6.45, 7) is 42.8. The molecule has 0 aromatic carbocycles. The van der Waals surface area contributed by atoms with E-state index in [0.29, 0.717) is 40.8 Å². The number of likely N-dealkylation sites (tertiary alicyclic amines) is 1. The molecule has 16 rings (SSSR count). The van der Waals surface area contributed by atoms with Crippen molar-refractivity contribution in [2.45, 2.75) is 257 Å². The minimum atomic E-state index is -2.52. The number of aryl methyl sites for hydroxylation is 8. The molecule has 102 heavy (non-hydrogen) atoms. The summed E-state index contributed by atoms with van der Waals surface area (Å²) in [5, 5.41) is 40.6. The molecule has 9 fully saturated rings. The Hall–Kier alpha value is -6.33. The minimum Gasteiger partial charge on any atom is -0.325 e. The van der Waals surface area contributed by atoms with Gasteiger partial charge >= 0.3 is 13.2 Å². The first kappa shape index (κ1) is 91.8. The van der Waals surface area contributed by atoms with Gasteiger partial charge in [0, 0.05) is 90.7 Å². The fraction of sp³-hybridized carbons (Fsp3) is 0.662. The van der Waals surface area contributed by atoms with Crippen LogP contribution in [-0.2, 0) is 19.8 Å². The van der Waals surface area contributed by atoms with Gasteiger partial charge in [0.05, 0.1) is 58.4 Å². The molecule has 8 saturated carbocycles. The first-order valence-electron chi connectivity index (χ1n) is 35.5. The third-order valence-electron chi connectivity index (χ3n) is 16.5. The van der Waals surface area contributed by atoms with E-state index in [0.717, 1.165) is 85.9 Å². The van der Waals surface area contributed by atoms with Crippen LogP contribution in [0.4, 0.5) is 26.3 Å². The van der Waals surface area contributed by atoms with Crippen molar-refractivity contribution in [3.8, 4) is 12.1 Å². The van der Waals surface area contributed by atoms with Crippen molar-refractivity contribution in [2.24, 2.45) is 46.2 Å². The molecule has 1 saturated heterocycles. The summed E-state index contributed by atoms with van der Waals surface area (Å²) in [6.07, 6.45) is 30.1. The van der Waals surface area contributed by atoms with Gasteiger partial charge in [-0.25, -0.2) is 33.5 Å². The van der Waals surface area contributed by atoms with E-state index in [2.05, 4.69) is 156 Å². The number of nitriles is 2. The number of likely N-dealkylation sites (N-methyl/N-ethyl adjacent to an activating group) is 1. The summed E-state index contributed by atoms with van der Waals surface area (Å²) in [7, 11) is 6.32. The Balaban J connectivity index is 0.000000374. The molecule has 0 bridgehead atoms. The van der Waals surface area contributed by atoms with E-state index in [9.17, 15) is 26.3 Å². The van der Waals surface area contributed by atoms with Gasteiger partial charge in [-0.1, -0.05) is 66.0 Å². The lowest BCUT2D eigenvalue weighted by Crippen LogP contribution is -2.45. The Labute approximate surface area is 620 Å². The highest BCUT2D eigenvalue weighted by molar-refractivity contribution is 7.16. The van der Waals surface area contributed by atoms with Crippen LogP contribution < -0.4 is 5.73 Å². The lowest BCUT2D eigenvalue weighted by Gasteiger charge is -2.36. The molecule has 7 aromatic rings. The monoisotopic (exact) mass is 1480 g/mol. The standard InChI is InChI=1S/C8H13N3.C8H13NS.C6H7N3.C6H10N2.C5H5ClS.C5H6F2N2.2C5H7N.C5H10.C4H6F2.2C4H7F.C4H6N2.C4H9N.C4H8/c1-7-3-9-11(4-7)8-5-10(2)6-8;1-7-4-8(10-6-7)5-9(2)3;1-6-3-8-9(4-6)5-7-2;1-3-8-5-6(2)4-7-8;1-4-2-3-5(6)7-4;1-4-2-3-9(8-4)5(6)7;1-4-2-5(4)3-6;1-5(4-6)2-3-5;1-5(2)3-4-5;1-3-2-4(3,5)6;1-4(5)2-3-4;1-3-2-4(3)5;1-4-2-5-6-3-4;1-4(5)2-3-4;1-4-2-3-4/h3-4,8H,5-6H2,1-2H3;4,6H,5H2,1-3H3;3-4H,5H2,1H3;4-5H,3H2,1-2H3;2-3H,1H3;2-3,5H,1H3;4-5H,2H2,1H3;2-3H2,1H3;3-4H2,1-2H3;3H,2H2,1H3;2-3H2,1H3;3-4H,2H2,1H3;2-3H,1H3,(H,5,6);2-3,5H2,1H3;4H,2-3H2,1H3/t;;;;;;4-,5?;;;3-;;3-,4?;;;/m......0..0.1.../s1. The lowest BCUT2D eigenvalue weighted by molar-refractivity contribution is 0.0563. The van der Waals surface area contributed by atoms with Gasteiger partial charge < -0.3 is 15.5 Å². The summed E-state index contributed by atoms with van der Waals surface area (Å²) in [5.41, 5.74) is 12.5. The van der Waals surface area contributed by atoms with E-state index in [-0.39, 0.29) is 23.3 Å². The third kappa shape index (κ3) is 48.6. The Kier molecular flexibility index (Phi) is 40.6. The number of nitrogens with two attached hydrogens (primary N) is 1. The number of hydrogen-bond donors (Lipinski definition) is 2. The van der Waals surface area contributed by atoms with Gasteiger partial charge in [-0.15, -0.1) is 22.7 Å². The largest absolute Gasteiger partial charge is 0.333 e. The SMILES string of the molecule is CC1(C#N)CC1.CC1(C)CC1.CC1(F)CC1.CC1(N)CC1.CC1CC1.CCn1cc(C)cn1.C[C@@H]1CC1F.C[C@H]1CC1(F)F.C[C@H]1CC1C#N.Cc1ccc(Cl)s1.Cc1ccn(C(F)F)n1.Cc1cn[nH]c1.Cc1cnn(C2CN(C)C2)c1.Cc1csc(CN(C)C)c1.[C-]#[N+]Cn1cc(C)cn1. The van der Waals surface area contributed by atoms with E-state index in [1.165, 1.54) is 82.8 Å². The number of H-pyrrole nitrogens is 1. The molecule has 8 heterocycles. The van der Waals surface area contributed by atoms with Crippen LogP contribution in [-0.4, -0.2) is 117 Å². The highest BCUT2D eigenvalue weighted by Gasteiger charge is 2.53. The Morgan fingerprint density at radius 1 is 0.775 bits per heavy atom. The van der Waals surface area contributed by atoms with Crippen molar-refractivity contribution in [1.29, 1.82) is 10.5 Å². The molecule has 570 valence electrons. The summed E-state index contributed by atoms with van der Waals surface area (Å²) in [4.78, 5) is 10.4. The van der Waals surface area contributed by atoms with E-state index >= 15 is 0 Å². The number of aromatic amines is 1. The molecule has 0 radical (unpaired) electrons. The maximum Gasteiger partial charge on any atom is 0.333 e. The van der Waals surface area contributed by atoms with Gasteiger partial charge in [-0.2, -0.15) is 44.8 Å². The number of halogens is 7. The molecular formula is C77H121ClF6N16S2. The van der Waals surface area contributed by atoms with Gasteiger partial charge in [0.2, 0.25) is 0 Å². The van der Waals surface area contributed by atoms with Crippen molar-refractivity contribution in [3.05, 3.63) is 144 Å². The molecule has 2 unspecified atom stereocenters. The summed E-state index contributed by atoms with van der Waals surface area (Å²) < 4.78 is 76.8. The highest BCUT2D eigenvalue weighted by Crippen LogP contribution is 2.48. The van der Waals surface area contributed by atoms with Crippen LogP contribution in [0.3, 0.4) is 0 Å². The van der Waals surface area contributed by atoms with E-state index in [1.54, 1.807) is 49.2 Å². The zero-order chi connectivity index (χ0) is 77.2. The molecule has 0 spiro atoms. The Morgan fingerprint density at radius 3 is 1.44 bits per heavy atom. The van der Waals surface area contributed by atoms with Crippen LogP contribution in [0.1, 0.15) is 209 Å². The van der Waals surface area contributed by atoms with Crippen molar-refractivity contribution in [3.63, 3.8) is 0 Å². The predicted octanol–water partition coefficient (Wildman–Crippen LogP) is 20.8. The first-order valence-corrected chi connectivity index (χ1v) is 37.6. The number of aromatic nitrogens is 10. The second-order valence-electron chi connectivity index (χ2n) is 30.4. The molecule has 0 amide bonds. The van der Waals surface area contributed by atoms with Crippen LogP contribution in [0.25, 0.3) is 4.85 Å². The Morgan fingerprint density at radius 2 is 1.26 bits per heavy atom. The molecule has 5 atom stereocenters. The van der Waals surface area contributed by atoms with Crippen LogP contribution in [0.2, 0.25) is 4.34 Å².